The van der Waals surface area contributed by atoms with Crippen LogP contribution in [0.3, 0.4) is 0 Å². The van der Waals surface area contributed by atoms with Crippen molar-refractivity contribution in [2.45, 2.75) is 31.7 Å². The smallest absolute Gasteiger partial charge is 0.679 e. The van der Waals surface area contributed by atoms with Crippen molar-refractivity contribution in [1.82, 2.24) is 4.98 Å². The molecule has 1 atom stereocenters. The van der Waals surface area contributed by atoms with E-state index in [1.54, 1.807) is 0 Å². The van der Waals surface area contributed by atoms with Gasteiger partial charge in [0.25, 0.3) is 0 Å². The summed E-state index contributed by atoms with van der Waals surface area (Å²) in [5, 5.41) is 4.57. The molecule has 1 saturated carbocycles. The Hall–Kier alpha value is -2.77. The molecule has 1 aliphatic rings. The van der Waals surface area contributed by atoms with Crippen LogP contribution < -0.4 is 0 Å². The van der Waals surface area contributed by atoms with Crippen LogP contribution in [0.15, 0.2) is 109 Å². The average molecular weight is 524 g/mol. The largest absolute Gasteiger partial charge is 3.00 e. The predicted octanol–water partition coefficient (Wildman–Crippen LogP) is 8.49. The second kappa shape index (κ2) is 16.0. The molecule has 1 fully saturated rings. The second-order valence-corrected chi connectivity index (χ2v) is 7.95. The summed E-state index contributed by atoms with van der Waals surface area (Å²) >= 11 is 0. The van der Waals surface area contributed by atoms with Crippen LogP contribution in [-0.4, -0.2) is 4.98 Å². The Bertz CT molecular complexity index is 993. The Morgan fingerprint density at radius 2 is 1.29 bits per heavy atom. The molecule has 0 spiro atoms. The topological polar surface area (TPSA) is 27.0 Å². The maximum absolute atomic E-state index is 4.74. The van der Waals surface area contributed by atoms with Gasteiger partial charge in [0, 0.05) is 11.4 Å². The molecule has 0 bridgehead atoms. The van der Waals surface area contributed by atoms with Crippen molar-refractivity contribution in [3.05, 3.63) is 157 Å². The molecule has 0 aliphatic heterocycles. The van der Waals surface area contributed by atoms with Gasteiger partial charge in [-0.1, -0.05) is 67.9 Å². The molecular weight excluding hydrogens is 492 g/mol. The number of benzene rings is 3. The van der Waals surface area contributed by atoms with Crippen molar-refractivity contribution < 1.29 is 26.2 Å². The Labute approximate surface area is 225 Å². The fraction of sp³-hybridized carbons (Fsp3) is 0.161. The van der Waals surface area contributed by atoms with E-state index in [-0.39, 0.29) is 26.2 Å². The van der Waals surface area contributed by atoms with Gasteiger partial charge in [0.05, 0.1) is 0 Å². The Morgan fingerprint density at radius 1 is 0.735 bits per heavy atom. The van der Waals surface area contributed by atoms with Crippen LogP contribution in [0.1, 0.15) is 47.7 Å². The Morgan fingerprint density at radius 3 is 1.76 bits per heavy atom. The van der Waals surface area contributed by atoms with Crippen molar-refractivity contribution >= 4 is 5.69 Å². The third kappa shape index (κ3) is 10.4. The fourth-order valence-electron chi connectivity index (χ4n) is 3.50. The molecule has 3 aromatic carbocycles. The first-order valence-corrected chi connectivity index (χ1v) is 11.5. The van der Waals surface area contributed by atoms with E-state index in [9.17, 15) is 0 Å². The van der Waals surface area contributed by atoms with Gasteiger partial charge in [-0.15, -0.1) is 35.9 Å². The average Bonchev–Trinajstić information content (AvgIpc) is 3.41. The van der Waals surface area contributed by atoms with Crippen molar-refractivity contribution in [3.63, 3.8) is 0 Å². The molecule has 1 radical (unpaired) electrons. The summed E-state index contributed by atoms with van der Waals surface area (Å²) in [6.45, 7) is 8.10. The minimum atomic E-state index is 0. The van der Waals surface area contributed by atoms with Crippen LogP contribution in [0, 0.1) is 20.3 Å². The summed E-state index contributed by atoms with van der Waals surface area (Å²) in [6.07, 6.45) is 6.16. The van der Waals surface area contributed by atoms with E-state index in [4.69, 9.17) is 4.98 Å². The van der Waals surface area contributed by atoms with E-state index >= 15 is 0 Å². The molecule has 1 aliphatic carbocycles. The zero-order valence-electron chi connectivity index (χ0n) is 19.7. The van der Waals surface area contributed by atoms with E-state index in [1.165, 1.54) is 25.0 Å². The molecule has 1 heterocycles. The van der Waals surface area contributed by atoms with E-state index in [1.807, 2.05) is 91.0 Å². The number of nitrogens with zero attached hydrogens (tertiary/aromatic N) is 2. The van der Waals surface area contributed by atoms with Crippen LogP contribution in [-0.2, 0) is 32.7 Å². The molecule has 1 unspecified atom stereocenters. The maximum atomic E-state index is 4.74. The molecule has 0 amide bonds. The zero-order chi connectivity index (χ0) is 23.1. The summed E-state index contributed by atoms with van der Waals surface area (Å²) in [6, 6.07) is 36.1. The quantitative estimate of drug-likeness (QED) is 0.246. The number of hydrogen-bond acceptors (Lipinski definition) is 1. The van der Waals surface area contributed by atoms with Crippen molar-refractivity contribution in [2.75, 3.05) is 0 Å². The number of pyridine rings is 1. The first kappa shape index (κ1) is 27.5. The van der Waals surface area contributed by atoms with Gasteiger partial charge in [-0.2, -0.15) is 55.7 Å². The van der Waals surface area contributed by atoms with E-state index in [0.717, 1.165) is 22.5 Å². The van der Waals surface area contributed by atoms with Crippen molar-refractivity contribution in [2.24, 2.45) is 0 Å². The van der Waals surface area contributed by atoms with E-state index in [2.05, 4.69) is 43.8 Å². The zero-order valence-corrected chi connectivity index (χ0v) is 22.1. The normalized spacial score (nSPS) is 13.8. The number of aromatic nitrogens is 1. The SMILES string of the molecule is [CH2-]c1ccccc1.[CH2-]c1ccccc1.[Zr+3].c1ccc([N-]Cc2cccc(C3[CH-]CCC3)n2)cc1. The number of para-hydroxylation sites is 1. The van der Waals surface area contributed by atoms with Gasteiger partial charge in [-0.25, -0.2) is 0 Å². The third-order valence-electron chi connectivity index (χ3n) is 5.24. The van der Waals surface area contributed by atoms with Gasteiger partial charge in [0.1, 0.15) is 0 Å². The summed E-state index contributed by atoms with van der Waals surface area (Å²) in [5.41, 5.74) is 5.42. The van der Waals surface area contributed by atoms with Crippen LogP contribution in [0.5, 0.6) is 0 Å². The van der Waals surface area contributed by atoms with Gasteiger partial charge < -0.3 is 11.7 Å². The molecule has 4 aromatic rings. The molecule has 5 rings (SSSR count). The molecular formula is C31H32N2Zr-. The van der Waals surface area contributed by atoms with Crippen molar-refractivity contribution in [3.8, 4) is 0 Å². The fourth-order valence-corrected chi connectivity index (χ4v) is 3.50. The first-order chi connectivity index (χ1) is 16.2. The van der Waals surface area contributed by atoms with Crippen molar-refractivity contribution in [1.29, 1.82) is 0 Å². The summed E-state index contributed by atoms with van der Waals surface area (Å²) in [4.78, 5) is 4.74. The Balaban J connectivity index is 0.000000224. The monoisotopic (exact) mass is 522 g/mol. The molecule has 171 valence electrons. The van der Waals surface area contributed by atoms with Crippen LogP contribution >= 0.6 is 0 Å². The predicted molar refractivity (Wildman–Crippen MR) is 140 cm³/mol. The van der Waals surface area contributed by atoms with Gasteiger partial charge in [0.15, 0.2) is 0 Å². The Kier molecular flexibility index (Phi) is 12.9. The molecule has 3 heteroatoms. The van der Waals surface area contributed by atoms with Crippen LogP contribution in [0.25, 0.3) is 5.32 Å². The molecule has 34 heavy (non-hydrogen) atoms. The van der Waals surface area contributed by atoms with Gasteiger partial charge >= 0.3 is 26.2 Å². The summed E-state index contributed by atoms with van der Waals surface area (Å²) in [7, 11) is 0. The van der Waals surface area contributed by atoms with Gasteiger partial charge in [0.2, 0.25) is 0 Å². The molecule has 2 nitrogen and oxygen atoms in total. The van der Waals surface area contributed by atoms with Gasteiger partial charge in [-0.05, 0) is 12.1 Å². The standard InChI is InChI=1S/C17H18N2.2C7H7.Zr/c1-2-9-15(10-3-1)18-13-16-11-6-12-17(19-16)14-7-4-5-8-14;2*1-7-5-3-2-4-6-7;/h1-3,6-7,9-12,14H,4-5,8,13H2;2*2-6H,1H2;/q-2;2*-1;+3. The second-order valence-electron chi connectivity index (χ2n) is 7.95. The van der Waals surface area contributed by atoms with E-state index in [0.29, 0.717) is 12.5 Å². The third-order valence-corrected chi connectivity index (χ3v) is 5.24. The van der Waals surface area contributed by atoms with Crippen LogP contribution in [0.4, 0.5) is 5.69 Å². The van der Waals surface area contributed by atoms with Crippen LogP contribution in [0.2, 0.25) is 0 Å². The number of rotatable bonds is 4. The summed E-state index contributed by atoms with van der Waals surface area (Å²) < 4.78 is 0. The van der Waals surface area contributed by atoms with Gasteiger partial charge in [-0.3, -0.25) is 4.98 Å². The van der Waals surface area contributed by atoms with E-state index < -0.39 is 0 Å². The summed E-state index contributed by atoms with van der Waals surface area (Å²) in [5.74, 6) is 0.552. The number of hydrogen-bond donors (Lipinski definition) is 0. The molecule has 1 aromatic heterocycles. The minimum absolute atomic E-state index is 0. The molecule has 0 saturated heterocycles. The first-order valence-electron chi connectivity index (χ1n) is 11.5. The molecule has 0 N–H and O–H groups in total. The maximum Gasteiger partial charge on any atom is 3.00 e. The minimum Gasteiger partial charge on any atom is -0.679 e.